The molecule has 2 aromatic rings. The minimum atomic E-state index is -4.31. The molecule has 108 valence electrons. The molecule has 0 aliphatic rings. The summed E-state index contributed by atoms with van der Waals surface area (Å²) >= 11 is 0. The Kier molecular flexibility index (Phi) is 3.73. The molecule has 1 heterocycles. The summed E-state index contributed by atoms with van der Waals surface area (Å²) in [5.74, 6) is -2.44. The topological polar surface area (TPSA) is 92.1 Å². The maximum absolute atomic E-state index is 13.7. The number of halogens is 2. The molecule has 9 heteroatoms. The van der Waals surface area contributed by atoms with Gasteiger partial charge in [0.05, 0.1) is 6.20 Å². The molecule has 0 amide bonds. The molecule has 0 bridgehead atoms. The second-order valence-corrected chi connectivity index (χ2v) is 6.16. The predicted octanol–water partition coefficient (Wildman–Crippen LogP) is 1.09. The molecule has 0 aliphatic heterocycles. The Bertz CT molecular complexity index is 693. The van der Waals surface area contributed by atoms with Crippen molar-refractivity contribution in [3.63, 3.8) is 0 Å². The van der Waals surface area contributed by atoms with Crippen molar-refractivity contribution in [1.29, 1.82) is 0 Å². The van der Waals surface area contributed by atoms with E-state index in [2.05, 4.69) is 10.2 Å². The van der Waals surface area contributed by atoms with Gasteiger partial charge in [0.2, 0.25) is 10.0 Å². The van der Waals surface area contributed by atoms with Gasteiger partial charge in [-0.1, -0.05) is 0 Å². The van der Waals surface area contributed by atoms with Crippen LogP contribution in [0.1, 0.15) is 5.56 Å². The van der Waals surface area contributed by atoms with E-state index in [1.807, 2.05) is 0 Å². The molecular weight excluding hydrogens is 290 g/mol. The summed E-state index contributed by atoms with van der Waals surface area (Å²) in [6.45, 7) is -0.0674. The molecule has 0 saturated heterocycles. The van der Waals surface area contributed by atoms with Gasteiger partial charge in [0.15, 0.2) is 4.90 Å². The molecule has 2 rings (SSSR count). The SMILES string of the molecule is CN(Cc1cn[nH]c1)S(=O)(=O)c1c(F)cc(N)cc1F. The average Bonchev–Trinajstić information content (AvgIpc) is 2.79. The third-order valence-electron chi connectivity index (χ3n) is 2.65. The highest BCUT2D eigenvalue weighted by atomic mass is 32.2. The number of sulfonamides is 1. The van der Waals surface area contributed by atoms with Crippen molar-refractivity contribution in [2.45, 2.75) is 11.4 Å². The van der Waals surface area contributed by atoms with Crippen LogP contribution in [-0.4, -0.2) is 30.0 Å². The monoisotopic (exact) mass is 302 g/mol. The summed E-state index contributed by atoms with van der Waals surface area (Å²) in [7, 11) is -3.09. The van der Waals surface area contributed by atoms with Gasteiger partial charge in [-0.05, 0) is 12.1 Å². The normalized spacial score (nSPS) is 12.0. The number of benzene rings is 1. The van der Waals surface area contributed by atoms with Gasteiger partial charge in [0.1, 0.15) is 11.6 Å². The summed E-state index contributed by atoms with van der Waals surface area (Å²) < 4.78 is 52.6. The molecule has 1 aromatic carbocycles. The number of nitrogen functional groups attached to an aromatic ring is 1. The van der Waals surface area contributed by atoms with E-state index < -0.39 is 26.6 Å². The van der Waals surface area contributed by atoms with Crippen LogP contribution in [0.3, 0.4) is 0 Å². The zero-order chi connectivity index (χ0) is 14.9. The molecule has 0 unspecified atom stereocenters. The minimum absolute atomic E-state index is 0.0674. The fraction of sp³-hybridized carbons (Fsp3) is 0.182. The van der Waals surface area contributed by atoms with Gasteiger partial charge in [-0.3, -0.25) is 5.10 Å². The lowest BCUT2D eigenvalue weighted by molar-refractivity contribution is 0.448. The lowest BCUT2D eigenvalue weighted by Gasteiger charge is -2.17. The molecule has 0 aliphatic carbocycles. The quantitative estimate of drug-likeness (QED) is 0.827. The number of hydrogen-bond donors (Lipinski definition) is 2. The van der Waals surface area contributed by atoms with Gasteiger partial charge in [-0.2, -0.15) is 9.40 Å². The largest absolute Gasteiger partial charge is 0.399 e. The van der Waals surface area contributed by atoms with Gasteiger partial charge < -0.3 is 5.73 Å². The number of rotatable bonds is 4. The van der Waals surface area contributed by atoms with E-state index >= 15 is 0 Å². The van der Waals surface area contributed by atoms with E-state index in [4.69, 9.17) is 5.73 Å². The van der Waals surface area contributed by atoms with E-state index in [-0.39, 0.29) is 12.2 Å². The summed E-state index contributed by atoms with van der Waals surface area (Å²) in [5.41, 5.74) is 5.64. The maximum Gasteiger partial charge on any atom is 0.248 e. The van der Waals surface area contributed by atoms with E-state index in [0.29, 0.717) is 5.56 Å². The van der Waals surface area contributed by atoms with Crippen LogP contribution in [-0.2, 0) is 16.6 Å². The second-order valence-electron chi connectivity index (χ2n) is 4.18. The van der Waals surface area contributed by atoms with Crippen LogP contribution in [0.2, 0.25) is 0 Å². The van der Waals surface area contributed by atoms with Crippen LogP contribution in [0.5, 0.6) is 0 Å². The zero-order valence-corrected chi connectivity index (χ0v) is 11.3. The maximum atomic E-state index is 13.7. The van der Waals surface area contributed by atoms with Crippen molar-refractivity contribution >= 4 is 15.7 Å². The molecule has 0 radical (unpaired) electrons. The first-order chi connectivity index (χ1) is 9.32. The number of aromatic nitrogens is 2. The number of nitrogens with one attached hydrogen (secondary N) is 1. The third-order valence-corrected chi connectivity index (χ3v) is 4.50. The van der Waals surface area contributed by atoms with Crippen molar-refractivity contribution in [2.24, 2.45) is 0 Å². The highest BCUT2D eigenvalue weighted by molar-refractivity contribution is 7.89. The molecule has 20 heavy (non-hydrogen) atoms. The number of nitrogens with two attached hydrogens (primary N) is 1. The molecule has 3 N–H and O–H groups in total. The summed E-state index contributed by atoms with van der Waals surface area (Å²) in [6, 6.07) is 1.53. The molecule has 0 spiro atoms. The van der Waals surface area contributed by atoms with Gasteiger partial charge >= 0.3 is 0 Å². The standard InChI is InChI=1S/C11H12F2N4O2S/c1-17(6-7-4-15-16-5-7)20(18,19)11-9(12)2-8(14)3-10(11)13/h2-5H,6,14H2,1H3,(H,15,16). The first kappa shape index (κ1) is 14.4. The molecule has 0 saturated carbocycles. The number of hydrogen-bond acceptors (Lipinski definition) is 4. The average molecular weight is 302 g/mol. The van der Waals surface area contributed by atoms with Crippen molar-refractivity contribution in [3.05, 3.63) is 41.7 Å². The number of anilines is 1. The van der Waals surface area contributed by atoms with Gasteiger partial charge in [-0.25, -0.2) is 17.2 Å². The van der Waals surface area contributed by atoms with Crippen LogP contribution in [0.25, 0.3) is 0 Å². The Morgan fingerprint density at radius 3 is 2.45 bits per heavy atom. The highest BCUT2D eigenvalue weighted by Crippen LogP contribution is 2.25. The first-order valence-corrected chi connectivity index (χ1v) is 6.95. The van der Waals surface area contributed by atoms with Gasteiger partial charge in [-0.15, -0.1) is 0 Å². The van der Waals surface area contributed by atoms with E-state index in [9.17, 15) is 17.2 Å². The van der Waals surface area contributed by atoms with Crippen molar-refractivity contribution in [2.75, 3.05) is 12.8 Å². The zero-order valence-electron chi connectivity index (χ0n) is 10.5. The lowest BCUT2D eigenvalue weighted by atomic mass is 10.3. The Balaban J connectivity index is 2.40. The van der Waals surface area contributed by atoms with Crippen LogP contribution >= 0.6 is 0 Å². The summed E-state index contributed by atoms with van der Waals surface area (Å²) in [6.07, 6.45) is 2.91. The van der Waals surface area contributed by atoms with Gasteiger partial charge in [0, 0.05) is 31.0 Å². The number of aromatic amines is 1. The molecule has 1 aromatic heterocycles. The number of H-pyrrole nitrogens is 1. The predicted molar refractivity (Wildman–Crippen MR) is 68.0 cm³/mol. The summed E-state index contributed by atoms with van der Waals surface area (Å²) in [5, 5.41) is 6.19. The fourth-order valence-corrected chi connectivity index (χ4v) is 2.93. The van der Waals surface area contributed by atoms with Gasteiger partial charge in [0.25, 0.3) is 0 Å². The smallest absolute Gasteiger partial charge is 0.248 e. The first-order valence-electron chi connectivity index (χ1n) is 5.51. The minimum Gasteiger partial charge on any atom is -0.399 e. The van der Waals surface area contributed by atoms with Crippen LogP contribution in [0.4, 0.5) is 14.5 Å². The van der Waals surface area contributed by atoms with E-state index in [1.54, 1.807) is 0 Å². The van der Waals surface area contributed by atoms with E-state index in [1.165, 1.54) is 19.4 Å². The highest BCUT2D eigenvalue weighted by Gasteiger charge is 2.29. The molecular formula is C11H12F2N4O2S. The van der Waals surface area contributed by atoms with E-state index in [0.717, 1.165) is 16.4 Å². The lowest BCUT2D eigenvalue weighted by Crippen LogP contribution is -2.28. The Morgan fingerprint density at radius 1 is 1.35 bits per heavy atom. The third kappa shape index (κ3) is 2.63. The fourth-order valence-electron chi connectivity index (χ4n) is 1.69. The van der Waals surface area contributed by atoms with Crippen LogP contribution in [0, 0.1) is 11.6 Å². The summed E-state index contributed by atoms with van der Waals surface area (Å²) in [4.78, 5) is -1.02. The van der Waals surface area contributed by atoms with Crippen molar-refractivity contribution in [3.8, 4) is 0 Å². The molecule has 0 atom stereocenters. The molecule has 6 nitrogen and oxygen atoms in total. The van der Waals surface area contributed by atoms with Crippen LogP contribution < -0.4 is 5.73 Å². The Labute approximate surface area is 114 Å². The Hall–Kier alpha value is -2.00. The van der Waals surface area contributed by atoms with Crippen molar-refractivity contribution in [1.82, 2.24) is 14.5 Å². The number of nitrogens with zero attached hydrogens (tertiary/aromatic N) is 2. The molecule has 0 fully saturated rings. The van der Waals surface area contributed by atoms with Crippen molar-refractivity contribution < 1.29 is 17.2 Å². The Morgan fingerprint density at radius 2 is 1.95 bits per heavy atom. The van der Waals surface area contributed by atoms with Crippen LogP contribution in [0.15, 0.2) is 29.4 Å². The second kappa shape index (κ2) is 5.17.